The van der Waals surface area contributed by atoms with Crippen molar-refractivity contribution in [2.75, 3.05) is 6.61 Å². The van der Waals surface area contributed by atoms with Gasteiger partial charge in [-0.3, -0.25) is 0 Å². The summed E-state index contributed by atoms with van der Waals surface area (Å²) in [6, 6.07) is 8.58. The number of hydrogen-bond donors (Lipinski definition) is 1. The minimum Gasteiger partial charge on any atom is -0.486 e. The molecule has 110 valence electrons. The number of benzene rings is 2. The second kappa shape index (κ2) is 5.61. The van der Waals surface area contributed by atoms with E-state index in [1.807, 2.05) is 6.07 Å². The van der Waals surface area contributed by atoms with Gasteiger partial charge in [0.05, 0.1) is 10.5 Å². The molecule has 0 bridgehead atoms. The lowest BCUT2D eigenvalue weighted by Crippen LogP contribution is -2.39. The van der Waals surface area contributed by atoms with Gasteiger partial charge in [-0.25, -0.2) is 8.78 Å². The van der Waals surface area contributed by atoms with Gasteiger partial charge in [0.25, 0.3) is 0 Å². The third kappa shape index (κ3) is 2.61. The average molecular weight is 356 g/mol. The van der Waals surface area contributed by atoms with E-state index in [9.17, 15) is 8.78 Å². The van der Waals surface area contributed by atoms with E-state index in [0.29, 0.717) is 11.5 Å². The smallest absolute Gasteiger partial charge is 0.161 e. The highest BCUT2D eigenvalue weighted by atomic mass is 79.9. The predicted molar refractivity (Wildman–Crippen MR) is 77.3 cm³/mol. The number of rotatable bonds is 2. The molecule has 0 saturated carbocycles. The van der Waals surface area contributed by atoms with Crippen LogP contribution in [-0.2, 0) is 0 Å². The molecule has 6 heteroatoms. The number of para-hydroxylation sites is 2. The van der Waals surface area contributed by atoms with Crippen LogP contribution in [0.25, 0.3) is 0 Å². The number of ether oxygens (including phenoxy) is 2. The lowest BCUT2D eigenvalue weighted by Gasteiger charge is -2.30. The lowest BCUT2D eigenvalue weighted by atomic mass is 10.0. The normalized spacial score (nSPS) is 18.4. The third-order valence-electron chi connectivity index (χ3n) is 3.34. The molecule has 2 atom stereocenters. The molecule has 2 aromatic carbocycles. The Kier molecular flexibility index (Phi) is 3.82. The molecular formula is C15H12BrF2NO2. The summed E-state index contributed by atoms with van der Waals surface area (Å²) in [4.78, 5) is 0. The minimum atomic E-state index is -0.976. The number of halogens is 3. The first-order valence-electron chi connectivity index (χ1n) is 6.35. The van der Waals surface area contributed by atoms with Crippen LogP contribution in [-0.4, -0.2) is 12.7 Å². The molecule has 0 fully saturated rings. The highest BCUT2D eigenvalue weighted by Gasteiger charge is 2.31. The van der Waals surface area contributed by atoms with Crippen molar-refractivity contribution in [2.45, 2.75) is 12.1 Å². The Morgan fingerprint density at radius 3 is 2.62 bits per heavy atom. The van der Waals surface area contributed by atoms with Crippen molar-refractivity contribution in [1.82, 2.24) is 0 Å². The molecule has 0 saturated heterocycles. The maximum Gasteiger partial charge on any atom is 0.161 e. The summed E-state index contributed by atoms with van der Waals surface area (Å²) in [7, 11) is 0. The molecule has 0 radical (unpaired) electrons. The van der Waals surface area contributed by atoms with Gasteiger partial charge in [-0.15, -0.1) is 0 Å². The van der Waals surface area contributed by atoms with Crippen molar-refractivity contribution < 1.29 is 18.3 Å². The second-order valence-electron chi connectivity index (χ2n) is 4.70. The van der Waals surface area contributed by atoms with E-state index in [4.69, 9.17) is 15.2 Å². The van der Waals surface area contributed by atoms with Gasteiger partial charge in [-0.05, 0) is 40.2 Å². The van der Waals surface area contributed by atoms with E-state index in [2.05, 4.69) is 15.9 Å². The SMILES string of the molecule is NC(c1c(F)ccc(Br)c1F)C1COc2ccccc2O1. The van der Waals surface area contributed by atoms with E-state index < -0.39 is 23.8 Å². The van der Waals surface area contributed by atoms with Crippen LogP contribution in [0.15, 0.2) is 40.9 Å². The Hall–Kier alpha value is -1.66. The fraction of sp³-hybridized carbons (Fsp3) is 0.200. The zero-order chi connectivity index (χ0) is 15.0. The van der Waals surface area contributed by atoms with E-state index in [1.54, 1.807) is 18.2 Å². The highest BCUT2D eigenvalue weighted by molar-refractivity contribution is 9.10. The molecule has 3 rings (SSSR count). The number of nitrogens with two attached hydrogens (primary N) is 1. The van der Waals surface area contributed by atoms with E-state index >= 15 is 0 Å². The summed E-state index contributed by atoms with van der Waals surface area (Å²) in [6.45, 7) is 0.129. The molecule has 0 amide bonds. The monoisotopic (exact) mass is 355 g/mol. The molecule has 2 aromatic rings. The average Bonchev–Trinajstić information content (AvgIpc) is 2.51. The van der Waals surface area contributed by atoms with Crippen molar-refractivity contribution >= 4 is 15.9 Å². The molecule has 0 aliphatic carbocycles. The first-order valence-corrected chi connectivity index (χ1v) is 7.14. The van der Waals surface area contributed by atoms with Gasteiger partial charge in [0.15, 0.2) is 17.6 Å². The number of fused-ring (bicyclic) bond motifs is 1. The molecule has 21 heavy (non-hydrogen) atoms. The van der Waals surface area contributed by atoms with E-state index in [1.165, 1.54) is 12.1 Å². The maximum atomic E-state index is 14.1. The van der Waals surface area contributed by atoms with Gasteiger partial charge in [0, 0.05) is 5.56 Å². The van der Waals surface area contributed by atoms with Crippen molar-refractivity contribution in [3.8, 4) is 11.5 Å². The van der Waals surface area contributed by atoms with Crippen LogP contribution in [0.5, 0.6) is 11.5 Å². The first kappa shape index (κ1) is 14.3. The van der Waals surface area contributed by atoms with E-state index in [0.717, 1.165) is 0 Å². The van der Waals surface area contributed by atoms with Crippen LogP contribution >= 0.6 is 15.9 Å². The van der Waals surface area contributed by atoms with Gasteiger partial charge < -0.3 is 15.2 Å². The zero-order valence-electron chi connectivity index (χ0n) is 10.9. The summed E-state index contributed by atoms with van der Waals surface area (Å²) in [5.74, 6) is -0.313. The van der Waals surface area contributed by atoms with Gasteiger partial charge in [0.2, 0.25) is 0 Å². The zero-order valence-corrected chi connectivity index (χ0v) is 12.4. The predicted octanol–water partition coefficient (Wildman–Crippen LogP) is 3.57. The van der Waals surface area contributed by atoms with Gasteiger partial charge in [0.1, 0.15) is 18.2 Å². The van der Waals surface area contributed by atoms with Gasteiger partial charge in [-0.1, -0.05) is 12.1 Å². The Morgan fingerprint density at radius 1 is 1.14 bits per heavy atom. The largest absolute Gasteiger partial charge is 0.486 e. The summed E-state index contributed by atoms with van der Waals surface area (Å²) < 4.78 is 39.4. The molecule has 2 unspecified atom stereocenters. The molecule has 0 spiro atoms. The molecule has 1 heterocycles. The lowest BCUT2D eigenvalue weighted by molar-refractivity contribution is 0.0703. The fourth-order valence-corrected chi connectivity index (χ4v) is 2.59. The Balaban J connectivity index is 1.91. The molecule has 2 N–H and O–H groups in total. The molecule has 3 nitrogen and oxygen atoms in total. The number of hydrogen-bond acceptors (Lipinski definition) is 3. The first-order chi connectivity index (χ1) is 10.1. The van der Waals surface area contributed by atoms with Crippen molar-refractivity contribution in [2.24, 2.45) is 5.73 Å². The van der Waals surface area contributed by atoms with Gasteiger partial charge >= 0.3 is 0 Å². The van der Waals surface area contributed by atoms with Crippen molar-refractivity contribution in [3.63, 3.8) is 0 Å². The van der Waals surface area contributed by atoms with E-state index in [-0.39, 0.29) is 16.6 Å². The summed E-state index contributed by atoms with van der Waals surface area (Å²) in [5.41, 5.74) is 5.78. The van der Waals surface area contributed by atoms with Crippen molar-refractivity contribution in [3.05, 3.63) is 58.1 Å². The minimum absolute atomic E-state index is 0.129. The van der Waals surface area contributed by atoms with Crippen LogP contribution in [0, 0.1) is 11.6 Å². The quantitative estimate of drug-likeness (QED) is 0.837. The summed E-state index contributed by atoms with van der Waals surface area (Å²) in [5, 5.41) is 0. The summed E-state index contributed by atoms with van der Waals surface area (Å²) >= 11 is 3.03. The van der Waals surface area contributed by atoms with Crippen LogP contribution in [0.1, 0.15) is 11.6 Å². The summed E-state index contributed by atoms with van der Waals surface area (Å²) in [6.07, 6.45) is -0.668. The van der Waals surface area contributed by atoms with Crippen LogP contribution in [0.3, 0.4) is 0 Å². The molecule has 1 aliphatic rings. The van der Waals surface area contributed by atoms with Crippen molar-refractivity contribution in [1.29, 1.82) is 0 Å². The van der Waals surface area contributed by atoms with Crippen LogP contribution < -0.4 is 15.2 Å². The highest BCUT2D eigenvalue weighted by Crippen LogP contribution is 2.35. The van der Waals surface area contributed by atoms with Gasteiger partial charge in [-0.2, -0.15) is 0 Å². The fourth-order valence-electron chi connectivity index (χ4n) is 2.25. The van der Waals surface area contributed by atoms with Crippen LogP contribution in [0.2, 0.25) is 0 Å². The Labute approximate surface area is 128 Å². The Bertz CT molecular complexity index is 681. The van der Waals surface area contributed by atoms with Crippen LogP contribution in [0.4, 0.5) is 8.78 Å². The third-order valence-corrected chi connectivity index (χ3v) is 3.96. The maximum absolute atomic E-state index is 14.1. The standard InChI is InChI=1S/C15H12BrF2NO2/c16-8-5-6-9(17)13(14(8)18)15(19)12-7-20-10-3-1-2-4-11(10)21-12/h1-6,12,15H,7,19H2. The topological polar surface area (TPSA) is 44.5 Å². The molecule has 1 aliphatic heterocycles. The second-order valence-corrected chi connectivity index (χ2v) is 5.55. The Morgan fingerprint density at radius 2 is 1.86 bits per heavy atom. The molecular weight excluding hydrogens is 344 g/mol. The molecule has 0 aromatic heterocycles.